The van der Waals surface area contributed by atoms with Crippen LogP contribution in [0.5, 0.6) is 0 Å². The van der Waals surface area contributed by atoms with E-state index in [1.54, 1.807) is 19.1 Å². The highest BCUT2D eigenvalue weighted by Crippen LogP contribution is 2.09. The molecular formula is C10H13N3O2. The Hall–Kier alpha value is -1.91. The predicted molar refractivity (Wildman–Crippen MR) is 56.0 cm³/mol. The summed E-state index contributed by atoms with van der Waals surface area (Å²) in [4.78, 5) is 14.9. The summed E-state index contributed by atoms with van der Waals surface area (Å²) in [5.74, 6) is -1.01. The highest BCUT2D eigenvalue weighted by atomic mass is 16.4. The molecule has 0 radical (unpaired) electrons. The average molecular weight is 207 g/mol. The maximum atomic E-state index is 10.8. The Morgan fingerprint density at radius 1 is 1.47 bits per heavy atom. The molecule has 5 nitrogen and oxygen atoms in total. The zero-order chi connectivity index (χ0) is 11.4. The van der Waals surface area contributed by atoms with Crippen molar-refractivity contribution < 1.29 is 9.90 Å². The lowest BCUT2D eigenvalue weighted by molar-refractivity contribution is 0.0687. The number of aromatic carboxylic acids is 1. The molecule has 0 aliphatic rings. The van der Waals surface area contributed by atoms with Gasteiger partial charge in [-0.05, 0) is 19.1 Å². The van der Waals surface area contributed by atoms with Crippen LogP contribution < -0.4 is 0 Å². The molecule has 2 heterocycles. The van der Waals surface area contributed by atoms with Crippen LogP contribution in [0.2, 0.25) is 0 Å². The van der Waals surface area contributed by atoms with Crippen LogP contribution in [-0.2, 0) is 0 Å². The van der Waals surface area contributed by atoms with E-state index in [9.17, 15) is 4.79 Å². The Morgan fingerprint density at radius 2 is 2.13 bits per heavy atom. The molecule has 2 aromatic rings. The van der Waals surface area contributed by atoms with Crippen molar-refractivity contribution >= 4 is 11.6 Å². The molecule has 0 aromatic carbocycles. The first kappa shape index (κ1) is 11.2. The smallest absolute Gasteiger partial charge is 0.356 e. The van der Waals surface area contributed by atoms with E-state index in [0.29, 0.717) is 11.3 Å². The van der Waals surface area contributed by atoms with Gasteiger partial charge in [0.05, 0.1) is 5.69 Å². The molecule has 0 bridgehead atoms. The van der Waals surface area contributed by atoms with E-state index in [1.165, 1.54) is 10.7 Å². The van der Waals surface area contributed by atoms with Gasteiger partial charge < -0.3 is 5.11 Å². The van der Waals surface area contributed by atoms with E-state index in [0.717, 1.165) is 0 Å². The normalized spacial score (nSPS) is 9.53. The van der Waals surface area contributed by atoms with Crippen molar-refractivity contribution in [1.29, 1.82) is 0 Å². The van der Waals surface area contributed by atoms with Crippen molar-refractivity contribution in [3.8, 4) is 0 Å². The Kier molecular flexibility index (Phi) is 3.38. The summed E-state index contributed by atoms with van der Waals surface area (Å²) < 4.78 is 1.32. The van der Waals surface area contributed by atoms with Crippen LogP contribution in [0.4, 0.5) is 0 Å². The molecule has 0 saturated carbocycles. The van der Waals surface area contributed by atoms with Gasteiger partial charge in [-0.2, -0.15) is 5.10 Å². The standard InChI is InChI=1S/C8H7N3O2.C2H6/c1-5-7(8(12)13)11-6(10-5)3-2-4-9-11;1-2/h2-4H,1H3,(H,12,13);1-2H3. The van der Waals surface area contributed by atoms with Crippen molar-refractivity contribution in [3.63, 3.8) is 0 Å². The third-order valence-corrected chi connectivity index (χ3v) is 1.77. The average Bonchev–Trinajstić information content (AvgIpc) is 2.56. The molecule has 0 amide bonds. The number of rotatable bonds is 1. The monoisotopic (exact) mass is 207 g/mol. The van der Waals surface area contributed by atoms with Gasteiger partial charge in [-0.3, -0.25) is 0 Å². The van der Waals surface area contributed by atoms with E-state index in [4.69, 9.17) is 5.11 Å². The molecule has 1 N–H and O–H groups in total. The number of hydrogen-bond donors (Lipinski definition) is 1. The maximum Gasteiger partial charge on any atom is 0.356 e. The zero-order valence-electron chi connectivity index (χ0n) is 8.93. The molecule has 0 aliphatic heterocycles. The van der Waals surface area contributed by atoms with E-state index >= 15 is 0 Å². The summed E-state index contributed by atoms with van der Waals surface area (Å²) >= 11 is 0. The lowest BCUT2D eigenvalue weighted by Crippen LogP contribution is -2.05. The van der Waals surface area contributed by atoms with E-state index in [1.807, 2.05) is 13.8 Å². The van der Waals surface area contributed by atoms with Gasteiger partial charge in [-0.25, -0.2) is 14.3 Å². The fourth-order valence-corrected chi connectivity index (χ4v) is 1.24. The fourth-order valence-electron chi connectivity index (χ4n) is 1.24. The van der Waals surface area contributed by atoms with Crippen molar-refractivity contribution in [2.24, 2.45) is 0 Å². The SMILES string of the molecule is CC.Cc1nc2cccnn2c1C(=O)O. The maximum absolute atomic E-state index is 10.8. The summed E-state index contributed by atoms with van der Waals surface area (Å²) in [6.07, 6.45) is 1.53. The number of fused-ring (bicyclic) bond motifs is 1. The largest absolute Gasteiger partial charge is 0.476 e. The van der Waals surface area contributed by atoms with Crippen LogP contribution in [0.25, 0.3) is 5.65 Å². The second-order valence-electron chi connectivity index (χ2n) is 2.64. The Bertz CT molecular complexity index is 476. The number of nitrogens with zero attached hydrogens (tertiary/aromatic N) is 3. The van der Waals surface area contributed by atoms with E-state index < -0.39 is 5.97 Å². The topological polar surface area (TPSA) is 67.5 Å². The van der Waals surface area contributed by atoms with Gasteiger partial charge in [0.1, 0.15) is 0 Å². The van der Waals surface area contributed by atoms with Crippen molar-refractivity contribution in [3.05, 3.63) is 29.7 Å². The number of aromatic nitrogens is 3. The van der Waals surface area contributed by atoms with Crippen molar-refractivity contribution in [2.45, 2.75) is 20.8 Å². The second-order valence-corrected chi connectivity index (χ2v) is 2.64. The first-order valence-electron chi connectivity index (χ1n) is 4.74. The quantitative estimate of drug-likeness (QED) is 0.773. The fraction of sp³-hybridized carbons (Fsp3) is 0.300. The van der Waals surface area contributed by atoms with Crippen LogP contribution in [-0.4, -0.2) is 25.7 Å². The summed E-state index contributed by atoms with van der Waals surface area (Å²) in [5.41, 5.74) is 1.15. The molecule has 15 heavy (non-hydrogen) atoms. The Balaban J connectivity index is 0.000000531. The molecule has 5 heteroatoms. The third kappa shape index (κ3) is 1.96. The number of carboxylic acids is 1. The zero-order valence-corrected chi connectivity index (χ0v) is 8.93. The van der Waals surface area contributed by atoms with E-state index in [2.05, 4.69) is 10.1 Å². The number of aryl methyl sites for hydroxylation is 1. The third-order valence-electron chi connectivity index (χ3n) is 1.77. The Labute approximate surface area is 87.4 Å². The lowest BCUT2D eigenvalue weighted by atomic mass is 10.3. The first-order valence-corrected chi connectivity index (χ1v) is 4.74. The molecule has 2 aromatic heterocycles. The van der Waals surface area contributed by atoms with Gasteiger partial charge in [0.15, 0.2) is 11.3 Å². The molecule has 0 aliphatic carbocycles. The highest BCUT2D eigenvalue weighted by Gasteiger charge is 2.15. The van der Waals surface area contributed by atoms with Crippen LogP contribution in [0.15, 0.2) is 18.3 Å². The van der Waals surface area contributed by atoms with Gasteiger partial charge in [0.2, 0.25) is 0 Å². The molecule has 0 unspecified atom stereocenters. The van der Waals surface area contributed by atoms with Crippen LogP contribution in [0.1, 0.15) is 30.0 Å². The van der Waals surface area contributed by atoms with Gasteiger partial charge in [-0.15, -0.1) is 0 Å². The predicted octanol–water partition coefficient (Wildman–Crippen LogP) is 1.76. The minimum absolute atomic E-state index is 0.121. The van der Waals surface area contributed by atoms with Crippen molar-refractivity contribution in [1.82, 2.24) is 14.6 Å². The van der Waals surface area contributed by atoms with Crippen LogP contribution in [0, 0.1) is 6.92 Å². The number of carbonyl (C=O) groups is 1. The van der Waals surface area contributed by atoms with Gasteiger partial charge in [-0.1, -0.05) is 13.8 Å². The van der Waals surface area contributed by atoms with Gasteiger partial charge in [0, 0.05) is 6.20 Å². The molecule has 0 spiro atoms. The molecule has 0 saturated heterocycles. The number of imidazole rings is 1. The van der Waals surface area contributed by atoms with Gasteiger partial charge >= 0.3 is 5.97 Å². The first-order chi connectivity index (χ1) is 7.20. The molecular weight excluding hydrogens is 194 g/mol. The Morgan fingerprint density at radius 3 is 2.73 bits per heavy atom. The molecule has 2 rings (SSSR count). The number of carboxylic acid groups (broad SMARTS) is 1. The van der Waals surface area contributed by atoms with Crippen molar-refractivity contribution in [2.75, 3.05) is 0 Å². The number of hydrogen-bond acceptors (Lipinski definition) is 3. The molecule has 80 valence electrons. The molecule has 0 fully saturated rings. The summed E-state index contributed by atoms with van der Waals surface area (Å²) in [6, 6.07) is 3.43. The lowest BCUT2D eigenvalue weighted by Gasteiger charge is -1.93. The molecule has 0 atom stereocenters. The summed E-state index contributed by atoms with van der Waals surface area (Å²) in [7, 11) is 0. The minimum Gasteiger partial charge on any atom is -0.476 e. The van der Waals surface area contributed by atoms with Crippen LogP contribution in [0.3, 0.4) is 0 Å². The second kappa shape index (κ2) is 4.54. The minimum atomic E-state index is -1.01. The summed E-state index contributed by atoms with van der Waals surface area (Å²) in [6.45, 7) is 5.65. The van der Waals surface area contributed by atoms with Gasteiger partial charge in [0.25, 0.3) is 0 Å². The van der Waals surface area contributed by atoms with Crippen LogP contribution >= 0.6 is 0 Å². The van der Waals surface area contributed by atoms with E-state index in [-0.39, 0.29) is 5.69 Å². The summed E-state index contributed by atoms with van der Waals surface area (Å²) in [5, 5.41) is 12.7. The highest BCUT2D eigenvalue weighted by molar-refractivity contribution is 5.87.